The Hall–Kier alpha value is -2.14. The molecule has 25 heavy (non-hydrogen) atoms. The number of benzene rings is 1. The van der Waals surface area contributed by atoms with Gasteiger partial charge in [-0.1, -0.05) is 25.1 Å². The molecule has 0 saturated carbocycles. The molecule has 1 aliphatic rings. The largest absolute Gasteiger partial charge is 0.389 e. The predicted molar refractivity (Wildman–Crippen MR) is 102 cm³/mol. The maximum Gasteiger partial charge on any atom is 0.225 e. The Balaban J connectivity index is 1.81. The zero-order valence-corrected chi connectivity index (χ0v) is 15.6. The van der Waals surface area contributed by atoms with E-state index in [-0.39, 0.29) is 0 Å². The molecule has 0 bridgehead atoms. The molecule has 0 aliphatic carbocycles. The molecule has 0 fully saturated rings. The summed E-state index contributed by atoms with van der Waals surface area (Å²) in [5.41, 5.74) is 4.61. The van der Waals surface area contributed by atoms with E-state index in [0.717, 1.165) is 43.0 Å². The Bertz CT molecular complexity index is 744. The Kier molecular flexibility index (Phi) is 5.23. The van der Waals surface area contributed by atoms with Gasteiger partial charge in [-0.05, 0) is 50.3 Å². The van der Waals surface area contributed by atoms with Gasteiger partial charge in [0.25, 0.3) is 0 Å². The first-order valence-corrected chi connectivity index (χ1v) is 9.13. The van der Waals surface area contributed by atoms with Crippen LogP contribution in [0, 0.1) is 6.92 Å². The molecule has 0 spiro atoms. The van der Waals surface area contributed by atoms with Crippen molar-refractivity contribution in [2.24, 2.45) is 0 Å². The minimum Gasteiger partial charge on any atom is -0.389 e. The van der Waals surface area contributed by atoms with Gasteiger partial charge in [-0.15, -0.1) is 0 Å². The first-order chi connectivity index (χ1) is 12.0. The van der Waals surface area contributed by atoms with Gasteiger partial charge in [-0.25, -0.2) is 4.98 Å². The zero-order valence-electron chi connectivity index (χ0n) is 15.6. The molecule has 1 aliphatic heterocycles. The van der Waals surface area contributed by atoms with Crippen molar-refractivity contribution in [2.75, 3.05) is 16.8 Å². The molecule has 5 heteroatoms. The Morgan fingerprint density at radius 1 is 1.20 bits per heavy atom. The normalized spacial score (nSPS) is 16.3. The number of aryl methyl sites for hydroxylation is 1. The lowest BCUT2D eigenvalue weighted by atomic mass is 9.96. The number of nitrogens with one attached hydrogen (secondary N) is 1. The summed E-state index contributed by atoms with van der Waals surface area (Å²) in [4.78, 5) is 11.5. The summed E-state index contributed by atoms with van der Waals surface area (Å²) in [6, 6.07) is 8.70. The number of hydrogen-bond acceptors (Lipinski definition) is 5. The van der Waals surface area contributed by atoms with E-state index in [1.165, 1.54) is 11.1 Å². The van der Waals surface area contributed by atoms with Crippen molar-refractivity contribution in [2.45, 2.75) is 59.2 Å². The van der Waals surface area contributed by atoms with E-state index in [9.17, 15) is 5.11 Å². The summed E-state index contributed by atoms with van der Waals surface area (Å²) < 4.78 is 0. The molecule has 0 radical (unpaired) electrons. The number of hydrogen-bond donors (Lipinski definition) is 2. The molecular formula is C20H28N4O. The lowest BCUT2D eigenvalue weighted by Gasteiger charge is -2.30. The number of aromatic nitrogens is 2. The lowest BCUT2D eigenvalue weighted by molar-refractivity contribution is 0.199. The van der Waals surface area contributed by atoms with E-state index >= 15 is 0 Å². The van der Waals surface area contributed by atoms with Gasteiger partial charge in [0.1, 0.15) is 5.82 Å². The average molecular weight is 340 g/mol. The molecule has 2 heterocycles. The smallest absolute Gasteiger partial charge is 0.225 e. The Morgan fingerprint density at radius 3 is 2.72 bits per heavy atom. The van der Waals surface area contributed by atoms with Crippen LogP contribution in [0.2, 0.25) is 0 Å². The second kappa shape index (κ2) is 7.40. The van der Waals surface area contributed by atoms with Crippen LogP contribution < -0.4 is 10.2 Å². The second-order valence-corrected chi connectivity index (χ2v) is 7.02. The third-order valence-electron chi connectivity index (χ3n) is 4.88. The molecule has 2 aromatic rings. The van der Waals surface area contributed by atoms with Gasteiger partial charge in [-0.2, -0.15) is 4.98 Å². The van der Waals surface area contributed by atoms with Gasteiger partial charge < -0.3 is 15.3 Å². The van der Waals surface area contributed by atoms with Crippen LogP contribution in [0.5, 0.6) is 0 Å². The highest BCUT2D eigenvalue weighted by atomic mass is 16.3. The van der Waals surface area contributed by atoms with E-state index in [1.807, 2.05) is 19.9 Å². The van der Waals surface area contributed by atoms with Crippen molar-refractivity contribution < 1.29 is 5.11 Å². The molecule has 3 rings (SSSR count). The van der Waals surface area contributed by atoms with Crippen LogP contribution >= 0.6 is 0 Å². The minimum atomic E-state index is -0.415. The third kappa shape index (κ3) is 4.10. The number of anilines is 2. The van der Waals surface area contributed by atoms with Crippen molar-refractivity contribution >= 4 is 11.8 Å². The van der Waals surface area contributed by atoms with Gasteiger partial charge >= 0.3 is 0 Å². The molecule has 0 unspecified atom stereocenters. The van der Waals surface area contributed by atoms with E-state index in [1.54, 1.807) is 0 Å². The summed E-state index contributed by atoms with van der Waals surface area (Å²) in [5.74, 6) is 1.68. The number of aliphatic hydroxyl groups excluding tert-OH is 1. The van der Waals surface area contributed by atoms with Crippen molar-refractivity contribution in [1.82, 2.24) is 9.97 Å². The number of fused-ring (bicyclic) bond motifs is 1. The molecule has 2 N–H and O–H groups in total. The standard InChI is InChI=1S/C20H28N4O/c1-5-13(2)21-20-22-14(3)10-19(23-20)24-9-8-17-11-16(15(4)25)6-7-18(17)12-24/h6-7,10-11,13,15,25H,5,8-9,12H2,1-4H3,(H,21,22,23)/t13-,15+/m1/s1. The highest BCUT2D eigenvalue weighted by Crippen LogP contribution is 2.26. The van der Waals surface area contributed by atoms with Gasteiger partial charge in [0.2, 0.25) is 5.95 Å². The quantitative estimate of drug-likeness (QED) is 0.871. The molecule has 1 aromatic carbocycles. The monoisotopic (exact) mass is 340 g/mol. The lowest BCUT2D eigenvalue weighted by Crippen LogP contribution is -2.31. The molecule has 0 amide bonds. The van der Waals surface area contributed by atoms with Crippen LogP contribution in [0.15, 0.2) is 24.3 Å². The topological polar surface area (TPSA) is 61.3 Å². The summed E-state index contributed by atoms with van der Waals surface area (Å²) in [7, 11) is 0. The minimum absolute atomic E-state index is 0.357. The molecule has 5 nitrogen and oxygen atoms in total. The fourth-order valence-corrected chi connectivity index (χ4v) is 3.13. The summed E-state index contributed by atoms with van der Waals surface area (Å²) in [5, 5.41) is 13.1. The van der Waals surface area contributed by atoms with Gasteiger partial charge in [-0.3, -0.25) is 0 Å². The molecule has 0 saturated heterocycles. The van der Waals surface area contributed by atoms with Gasteiger partial charge in [0.15, 0.2) is 0 Å². The van der Waals surface area contributed by atoms with Crippen LogP contribution in [0.1, 0.15) is 55.7 Å². The Morgan fingerprint density at radius 2 is 2.00 bits per heavy atom. The molecule has 134 valence electrons. The summed E-state index contributed by atoms with van der Waals surface area (Å²) in [6.45, 7) is 9.88. The number of nitrogens with zero attached hydrogens (tertiary/aromatic N) is 3. The average Bonchev–Trinajstić information content (AvgIpc) is 2.60. The van der Waals surface area contributed by atoms with E-state index in [4.69, 9.17) is 4.98 Å². The predicted octanol–water partition coefficient (Wildman–Crippen LogP) is 3.61. The van der Waals surface area contributed by atoms with Gasteiger partial charge in [0.05, 0.1) is 6.10 Å². The maximum atomic E-state index is 9.77. The first-order valence-electron chi connectivity index (χ1n) is 9.13. The number of aliphatic hydroxyl groups is 1. The second-order valence-electron chi connectivity index (χ2n) is 7.02. The van der Waals surface area contributed by atoms with Crippen LogP contribution in [-0.4, -0.2) is 27.7 Å². The summed E-state index contributed by atoms with van der Waals surface area (Å²) in [6.07, 6.45) is 1.59. The fraction of sp³-hybridized carbons (Fsp3) is 0.500. The fourth-order valence-electron chi connectivity index (χ4n) is 3.13. The molecule has 2 atom stereocenters. The third-order valence-corrected chi connectivity index (χ3v) is 4.88. The maximum absolute atomic E-state index is 9.77. The van der Waals surface area contributed by atoms with E-state index in [0.29, 0.717) is 12.0 Å². The van der Waals surface area contributed by atoms with Gasteiger partial charge in [0, 0.05) is 30.9 Å². The van der Waals surface area contributed by atoms with Crippen molar-refractivity contribution in [1.29, 1.82) is 0 Å². The van der Waals surface area contributed by atoms with Crippen LogP contribution in [0.4, 0.5) is 11.8 Å². The van der Waals surface area contributed by atoms with Crippen molar-refractivity contribution in [3.05, 3.63) is 46.6 Å². The van der Waals surface area contributed by atoms with Crippen LogP contribution in [0.25, 0.3) is 0 Å². The van der Waals surface area contributed by atoms with E-state index in [2.05, 4.69) is 47.2 Å². The summed E-state index contributed by atoms with van der Waals surface area (Å²) >= 11 is 0. The zero-order chi connectivity index (χ0) is 18.0. The molecule has 1 aromatic heterocycles. The van der Waals surface area contributed by atoms with E-state index < -0.39 is 6.10 Å². The highest BCUT2D eigenvalue weighted by Gasteiger charge is 2.19. The molecular weight excluding hydrogens is 312 g/mol. The Labute approximate surface area is 150 Å². The van der Waals surface area contributed by atoms with Crippen LogP contribution in [0.3, 0.4) is 0 Å². The van der Waals surface area contributed by atoms with Crippen molar-refractivity contribution in [3.8, 4) is 0 Å². The highest BCUT2D eigenvalue weighted by molar-refractivity contribution is 5.48. The van der Waals surface area contributed by atoms with Crippen LogP contribution in [-0.2, 0) is 13.0 Å². The number of rotatable bonds is 5. The SMILES string of the molecule is CC[C@@H](C)Nc1nc(C)cc(N2CCc3cc([C@H](C)O)ccc3C2)n1. The first kappa shape index (κ1) is 17.7. The van der Waals surface area contributed by atoms with Crippen molar-refractivity contribution in [3.63, 3.8) is 0 Å².